The van der Waals surface area contributed by atoms with Gasteiger partial charge in [0.05, 0.1) is 18.5 Å². The number of nitrogens with zero attached hydrogens (tertiary/aromatic N) is 1. The molecular formula is C22H21FN2O3S. The second-order valence-corrected chi connectivity index (χ2v) is 8.49. The summed E-state index contributed by atoms with van der Waals surface area (Å²) in [4.78, 5) is 12.3. The molecule has 3 rings (SSSR count). The maximum Gasteiger partial charge on any atom is 0.251 e. The van der Waals surface area contributed by atoms with Crippen molar-refractivity contribution >= 4 is 21.6 Å². The quantitative estimate of drug-likeness (QED) is 0.643. The van der Waals surface area contributed by atoms with Crippen LogP contribution in [0.3, 0.4) is 0 Å². The number of rotatable bonds is 7. The van der Waals surface area contributed by atoms with E-state index in [2.05, 4.69) is 5.32 Å². The van der Waals surface area contributed by atoms with Crippen molar-refractivity contribution in [2.75, 3.05) is 10.6 Å². The summed E-state index contributed by atoms with van der Waals surface area (Å²) in [6, 6.07) is 21.8. The Morgan fingerprint density at radius 2 is 1.52 bits per heavy atom. The van der Waals surface area contributed by atoms with Crippen LogP contribution in [0.25, 0.3) is 0 Å². The number of nitrogens with one attached hydrogen (secondary N) is 1. The molecule has 150 valence electrons. The van der Waals surface area contributed by atoms with Gasteiger partial charge in [0.15, 0.2) is 0 Å². The topological polar surface area (TPSA) is 66.5 Å². The van der Waals surface area contributed by atoms with Crippen LogP contribution in [-0.2, 0) is 23.1 Å². The first-order valence-electron chi connectivity index (χ1n) is 8.98. The minimum absolute atomic E-state index is 0.0142. The van der Waals surface area contributed by atoms with Gasteiger partial charge in [0, 0.05) is 12.1 Å². The van der Waals surface area contributed by atoms with E-state index in [1.807, 2.05) is 30.3 Å². The Labute approximate surface area is 169 Å². The lowest BCUT2D eigenvalue weighted by atomic mass is 10.1. The van der Waals surface area contributed by atoms with Gasteiger partial charge in [0.25, 0.3) is 5.91 Å². The Morgan fingerprint density at radius 3 is 2.14 bits per heavy atom. The number of carbonyl (C=O) groups is 1. The lowest BCUT2D eigenvalue weighted by Crippen LogP contribution is -2.30. The molecule has 0 spiro atoms. The van der Waals surface area contributed by atoms with Crippen molar-refractivity contribution < 1.29 is 17.6 Å². The summed E-state index contributed by atoms with van der Waals surface area (Å²) in [5, 5.41) is 2.84. The minimum atomic E-state index is -3.69. The highest BCUT2D eigenvalue weighted by Crippen LogP contribution is 2.23. The van der Waals surface area contributed by atoms with Gasteiger partial charge in [-0.05, 0) is 35.4 Å². The van der Waals surface area contributed by atoms with Gasteiger partial charge in [0.2, 0.25) is 10.0 Å². The van der Waals surface area contributed by atoms with Crippen molar-refractivity contribution in [2.45, 2.75) is 13.1 Å². The second-order valence-electron chi connectivity index (χ2n) is 6.59. The molecule has 0 fully saturated rings. The van der Waals surface area contributed by atoms with Gasteiger partial charge in [-0.15, -0.1) is 0 Å². The predicted molar refractivity (Wildman–Crippen MR) is 111 cm³/mol. The zero-order valence-electron chi connectivity index (χ0n) is 15.9. The van der Waals surface area contributed by atoms with Crippen LogP contribution in [0.2, 0.25) is 0 Å². The second kappa shape index (κ2) is 8.87. The van der Waals surface area contributed by atoms with Gasteiger partial charge in [-0.25, -0.2) is 12.8 Å². The summed E-state index contributed by atoms with van der Waals surface area (Å²) in [7, 11) is -3.69. The summed E-state index contributed by atoms with van der Waals surface area (Å²) in [6.07, 6.45) is 1.03. The smallest absolute Gasteiger partial charge is 0.251 e. The number of amides is 1. The molecule has 0 atom stereocenters. The highest BCUT2D eigenvalue weighted by molar-refractivity contribution is 7.92. The summed E-state index contributed by atoms with van der Waals surface area (Å²) in [6.45, 7) is 0.377. The number of carbonyl (C=O) groups excluding carboxylic acids is 1. The van der Waals surface area contributed by atoms with Crippen molar-refractivity contribution in [2.24, 2.45) is 0 Å². The number of hydrogen-bond acceptors (Lipinski definition) is 3. The van der Waals surface area contributed by atoms with E-state index in [1.54, 1.807) is 30.3 Å². The van der Waals surface area contributed by atoms with E-state index >= 15 is 0 Å². The SMILES string of the molecule is CS(=O)(=O)N(Cc1ccc(C(=O)NCc2ccccc2)cc1)c1ccccc1F. The largest absolute Gasteiger partial charge is 0.348 e. The maximum atomic E-state index is 14.1. The number of anilines is 1. The van der Waals surface area contributed by atoms with Crippen LogP contribution in [0.1, 0.15) is 21.5 Å². The van der Waals surface area contributed by atoms with Gasteiger partial charge >= 0.3 is 0 Å². The first-order chi connectivity index (χ1) is 13.8. The summed E-state index contributed by atoms with van der Waals surface area (Å²) in [5.74, 6) is -0.843. The van der Waals surface area contributed by atoms with Gasteiger partial charge in [0.1, 0.15) is 5.82 Å². The third-order valence-corrected chi connectivity index (χ3v) is 5.49. The molecule has 0 saturated heterocycles. The van der Waals surface area contributed by atoms with Gasteiger partial charge in [-0.2, -0.15) is 0 Å². The number of hydrogen-bond donors (Lipinski definition) is 1. The van der Waals surface area contributed by atoms with Crippen molar-refractivity contribution in [1.82, 2.24) is 5.32 Å². The number of sulfonamides is 1. The zero-order chi connectivity index (χ0) is 20.9. The van der Waals surface area contributed by atoms with Crippen LogP contribution in [0.5, 0.6) is 0 Å². The Kier molecular flexibility index (Phi) is 6.29. The molecule has 7 heteroatoms. The molecule has 29 heavy (non-hydrogen) atoms. The fraction of sp³-hybridized carbons (Fsp3) is 0.136. The fourth-order valence-corrected chi connectivity index (χ4v) is 3.73. The van der Waals surface area contributed by atoms with Crippen LogP contribution in [-0.4, -0.2) is 20.6 Å². The average molecular weight is 412 g/mol. The normalized spacial score (nSPS) is 11.1. The number of para-hydroxylation sites is 1. The van der Waals surface area contributed by atoms with E-state index in [0.29, 0.717) is 17.7 Å². The predicted octanol–water partition coefficient (Wildman–Crippen LogP) is 3.72. The van der Waals surface area contributed by atoms with Crippen LogP contribution >= 0.6 is 0 Å². The van der Waals surface area contributed by atoms with E-state index in [1.165, 1.54) is 18.2 Å². The van der Waals surface area contributed by atoms with Crippen molar-refractivity contribution in [1.29, 1.82) is 0 Å². The van der Waals surface area contributed by atoms with Gasteiger partial charge in [-0.1, -0.05) is 54.6 Å². The van der Waals surface area contributed by atoms with Crippen LogP contribution < -0.4 is 9.62 Å². The standard InChI is InChI=1S/C22H21FN2O3S/c1-29(27,28)25(21-10-6-5-9-20(21)23)16-18-11-13-19(14-12-18)22(26)24-15-17-7-3-2-4-8-17/h2-14H,15-16H2,1H3,(H,24,26). The van der Waals surface area contributed by atoms with E-state index < -0.39 is 15.8 Å². The lowest BCUT2D eigenvalue weighted by molar-refractivity contribution is 0.0951. The molecule has 0 aliphatic rings. The third-order valence-electron chi connectivity index (χ3n) is 4.36. The Hall–Kier alpha value is -3.19. The van der Waals surface area contributed by atoms with E-state index in [4.69, 9.17) is 0 Å². The monoisotopic (exact) mass is 412 g/mol. The number of benzene rings is 3. The molecule has 0 aliphatic carbocycles. The third kappa shape index (κ3) is 5.42. The molecule has 0 unspecified atom stereocenters. The maximum absolute atomic E-state index is 14.1. The van der Waals surface area contributed by atoms with Crippen LogP contribution in [0.4, 0.5) is 10.1 Å². The summed E-state index contributed by atoms with van der Waals surface area (Å²) < 4.78 is 39.5. The molecule has 0 heterocycles. The van der Waals surface area contributed by atoms with E-state index in [-0.39, 0.29) is 18.1 Å². The Bertz CT molecular complexity index is 1080. The van der Waals surface area contributed by atoms with Crippen molar-refractivity contribution in [3.63, 3.8) is 0 Å². The lowest BCUT2D eigenvalue weighted by Gasteiger charge is -2.23. The molecule has 3 aromatic carbocycles. The van der Waals surface area contributed by atoms with Crippen molar-refractivity contribution in [3.8, 4) is 0 Å². The molecule has 0 bridgehead atoms. The Balaban J connectivity index is 1.71. The fourth-order valence-electron chi connectivity index (χ4n) is 2.84. The highest BCUT2D eigenvalue weighted by Gasteiger charge is 2.21. The first-order valence-corrected chi connectivity index (χ1v) is 10.8. The van der Waals surface area contributed by atoms with Gasteiger partial charge in [-0.3, -0.25) is 9.10 Å². The first kappa shape index (κ1) is 20.5. The highest BCUT2D eigenvalue weighted by atomic mass is 32.2. The summed E-state index contributed by atoms with van der Waals surface area (Å²) >= 11 is 0. The molecule has 5 nitrogen and oxygen atoms in total. The van der Waals surface area contributed by atoms with Crippen LogP contribution in [0, 0.1) is 5.82 Å². The van der Waals surface area contributed by atoms with Crippen molar-refractivity contribution in [3.05, 3.63) is 101 Å². The average Bonchev–Trinajstić information content (AvgIpc) is 2.71. The van der Waals surface area contributed by atoms with E-state index in [9.17, 15) is 17.6 Å². The van der Waals surface area contributed by atoms with E-state index in [0.717, 1.165) is 16.1 Å². The Morgan fingerprint density at radius 1 is 0.897 bits per heavy atom. The molecule has 0 saturated carbocycles. The van der Waals surface area contributed by atoms with Crippen LogP contribution in [0.15, 0.2) is 78.9 Å². The minimum Gasteiger partial charge on any atom is -0.348 e. The molecule has 3 aromatic rings. The van der Waals surface area contributed by atoms with Gasteiger partial charge < -0.3 is 5.32 Å². The molecule has 0 aliphatic heterocycles. The molecular weight excluding hydrogens is 391 g/mol. The molecule has 0 radical (unpaired) electrons. The zero-order valence-corrected chi connectivity index (χ0v) is 16.7. The summed E-state index contributed by atoms with van der Waals surface area (Å²) in [5.41, 5.74) is 2.07. The molecule has 0 aromatic heterocycles. The molecule has 1 N–H and O–H groups in total. The number of halogens is 1. The molecule has 1 amide bonds.